The van der Waals surface area contributed by atoms with Crippen LogP contribution in [-0.2, 0) is 12.8 Å². The lowest BCUT2D eigenvalue weighted by atomic mass is 9.86. The van der Waals surface area contributed by atoms with Gasteiger partial charge in [-0.2, -0.15) is 0 Å². The van der Waals surface area contributed by atoms with Crippen molar-refractivity contribution in [2.75, 3.05) is 0 Å². The molecule has 1 aromatic carbocycles. The van der Waals surface area contributed by atoms with Gasteiger partial charge in [-0.15, -0.1) is 0 Å². The van der Waals surface area contributed by atoms with Crippen molar-refractivity contribution < 1.29 is 0 Å². The Kier molecular flexibility index (Phi) is 2.47. The second-order valence-electron chi connectivity index (χ2n) is 5.15. The number of aromatic nitrogens is 1. The molecule has 0 radical (unpaired) electrons. The Hall–Kier alpha value is -1.63. The van der Waals surface area contributed by atoms with Gasteiger partial charge < -0.3 is 0 Å². The third-order valence-electron chi connectivity index (χ3n) is 3.62. The lowest BCUT2D eigenvalue weighted by Gasteiger charge is -2.20. The number of pyridine rings is 1. The van der Waals surface area contributed by atoms with Crippen molar-refractivity contribution >= 4 is 0 Å². The zero-order valence-electron chi connectivity index (χ0n) is 10.4. The van der Waals surface area contributed by atoms with Gasteiger partial charge >= 0.3 is 0 Å². The summed E-state index contributed by atoms with van der Waals surface area (Å²) >= 11 is 0. The van der Waals surface area contributed by atoms with Crippen LogP contribution in [0.1, 0.15) is 47.7 Å². The van der Waals surface area contributed by atoms with Gasteiger partial charge in [0.1, 0.15) is 0 Å². The molecule has 1 nitrogen and oxygen atoms in total. The maximum absolute atomic E-state index is 4.49. The summed E-state index contributed by atoms with van der Waals surface area (Å²) in [6.07, 6.45) is 3.93. The standard InChI is InChI=1S/C16H17N/c1-11(2)12-5-6-13-9-14-4-3-7-17-16(14)10-15(13)8-12/h3-8,11H,9-10H2,1-2H3. The molecule has 0 aliphatic heterocycles. The van der Waals surface area contributed by atoms with Crippen LogP contribution in [0.4, 0.5) is 0 Å². The normalized spacial score (nSPS) is 13.4. The number of rotatable bonds is 1. The summed E-state index contributed by atoms with van der Waals surface area (Å²) in [5.74, 6) is 0.602. The van der Waals surface area contributed by atoms with E-state index in [0.29, 0.717) is 5.92 Å². The summed E-state index contributed by atoms with van der Waals surface area (Å²) in [6.45, 7) is 4.49. The predicted molar refractivity (Wildman–Crippen MR) is 70.4 cm³/mol. The monoisotopic (exact) mass is 223 g/mol. The Labute approximate surface area is 103 Å². The van der Waals surface area contributed by atoms with Gasteiger partial charge in [0.05, 0.1) is 0 Å². The highest BCUT2D eigenvalue weighted by Gasteiger charge is 2.16. The summed E-state index contributed by atoms with van der Waals surface area (Å²) in [5.41, 5.74) is 7.00. The third kappa shape index (κ3) is 1.86. The molecule has 1 heteroatoms. The van der Waals surface area contributed by atoms with E-state index in [2.05, 4.69) is 43.1 Å². The van der Waals surface area contributed by atoms with Crippen molar-refractivity contribution in [1.82, 2.24) is 4.98 Å². The van der Waals surface area contributed by atoms with E-state index < -0.39 is 0 Å². The lowest BCUT2D eigenvalue weighted by molar-refractivity contribution is 0.853. The van der Waals surface area contributed by atoms with Crippen LogP contribution in [0.25, 0.3) is 0 Å². The number of hydrogen-bond acceptors (Lipinski definition) is 1. The highest BCUT2D eigenvalue weighted by molar-refractivity contribution is 5.44. The first kappa shape index (κ1) is 10.5. The smallest absolute Gasteiger partial charge is 0.0482 e. The molecule has 3 rings (SSSR count). The molecule has 17 heavy (non-hydrogen) atoms. The van der Waals surface area contributed by atoms with E-state index in [4.69, 9.17) is 0 Å². The second kappa shape index (κ2) is 3.99. The first-order valence-corrected chi connectivity index (χ1v) is 6.28. The molecule has 86 valence electrons. The molecule has 0 amide bonds. The van der Waals surface area contributed by atoms with E-state index in [1.54, 1.807) is 0 Å². The van der Waals surface area contributed by atoms with Crippen molar-refractivity contribution in [1.29, 1.82) is 0 Å². The molecule has 1 heterocycles. The van der Waals surface area contributed by atoms with Gasteiger partial charge in [-0.1, -0.05) is 38.1 Å². The molecule has 0 fully saturated rings. The molecule has 0 N–H and O–H groups in total. The Morgan fingerprint density at radius 2 is 1.88 bits per heavy atom. The molecule has 0 saturated carbocycles. The largest absolute Gasteiger partial charge is 0.261 e. The maximum atomic E-state index is 4.49. The number of hydrogen-bond donors (Lipinski definition) is 0. The molecular formula is C16H17N. The Balaban J connectivity index is 2.03. The van der Waals surface area contributed by atoms with E-state index in [9.17, 15) is 0 Å². The van der Waals surface area contributed by atoms with Crippen LogP contribution in [-0.4, -0.2) is 4.98 Å². The van der Waals surface area contributed by atoms with Crippen molar-refractivity contribution in [3.63, 3.8) is 0 Å². The summed E-state index contributed by atoms with van der Waals surface area (Å²) in [5, 5.41) is 0. The van der Waals surface area contributed by atoms with Gasteiger partial charge in [0, 0.05) is 18.3 Å². The lowest BCUT2D eigenvalue weighted by Crippen LogP contribution is -2.09. The molecular weight excluding hydrogens is 206 g/mol. The third-order valence-corrected chi connectivity index (χ3v) is 3.62. The number of fused-ring (bicyclic) bond motifs is 2. The summed E-state index contributed by atoms with van der Waals surface area (Å²) in [6, 6.07) is 11.1. The number of nitrogens with zero attached hydrogens (tertiary/aromatic N) is 1. The van der Waals surface area contributed by atoms with Gasteiger partial charge in [-0.05, 0) is 40.7 Å². The minimum absolute atomic E-state index is 0.602. The fraction of sp³-hybridized carbons (Fsp3) is 0.312. The van der Waals surface area contributed by atoms with Crippen LogP contribution in [0.15, 0.2) is 36.5 Å². The molecule has 1 aliphatic carbocycles. The molecule has 0 bridgehead atoms. The highest BCUT2D eigenvalue weighted by Crippen LogP contribution is 2.28. The first-order chi connectivity index (χ1) is 8.24. The van der Waals surface area contributed by atoms with Crippen LogP contribution in [0.2, 0.25) is 0 Å². The first-order valence-electron chi connectivity index (χ1n) is 6.28. The van der Waals surface area contributed by atoms with E-state index in [1.165, 1.54) is 27.9 Å². The van der Waals surface area contributed by atoms with Crippen molar-refractivity contribution in [3.8, 4) is 0 Å². The topological polar surface area (TPSA) is 12.9 Å². The van der Waals surface area contributed by atoms with Crippen molar-refractivity contribution in [2.24, 2.45) is 0 Å². The SMILES string of the molecule is CC(C)c1ccc2c(c1)Cc1ncccc1C2. The molecule has 0 atom stereocenters. The minimum Gasteiger partial charge on any atom is -0.261 e. The Morgan fingerprint density at radius 1 is 1.00 bits per heavy atom. The summed E-state index contributed by atoms with van der Waals surface area (Å²) in [4.78, 5) is 4.49. The molecule has 1 aliphatic rings. The summed E-state index contributed by atoms with van der Waals surface area (Å²) < 4.78 is 0. The average molecular weight is 223 g/mol. The van der Waals surface area contributed by atoms with Gasteiger partial charge in [-0.3, -0.25) is 4.98 Å². The molecule has 0 unspecified atom stereocenters. The van der Waals surface area contributed by atoms with E-state index in [0.717, 1.165) is 12.8 Å². The van der Waals surface area contributed by atoms with E-state index >= 15 is 0 Å². The Morgan fingerprint density at radius 3 is 2.71 bits per heavy atom. The van der Waals surface area contributed by atoms with E-state index in [-0.39, 0.29) is 0 Å². The van der Waals surface area contributed by atoms with Crippen molar-refractivity contribution in [3.05, 3.63) is 64.5 Å². The summed E-state index contributed by atoms with van der Waals surface area (Å²) in [7, 11) is 0. The van der Waals surface area contributed by atoms with Crippen LogP contribution in [0.3, 0.4) is 0 Å². The molecule has 0 spiro atoms. The fourth-order valence-corrected chi connectivity index (χ4v) is 2.52. The van der Waals surface area contributed by atoms with Gasteiger partial charge in [-0.25, -0.2) is 0 Å². The van der Waals surface area contributed by atoms with Gasteiger partial charge in [0.2, 0.25) is 0 Å². The fourth-order valence-electron chi connectivity index (χ4n) is 2.52. The van der Waals surface area contributed by atoms with Crippen LogP contribution in [0.5, 0.6) is 0 Å². The predicted octanol–water partition coefficient (Wildman–Crippen LogP) is 3.70. The Bertz CT molecular complexity index is 555. The zero-order chi connectivity index (χ0) is 11.8. The van der Waals surface area contributed by atoms with Crippen LogP contribution in [0, 0.1) is 0 Å². The average Bonchev–Trinajstić information content (AvgIpc) is 2.35. The second-order valence-corrected chi connectivity index (χ2v) is 5.15. The van der Waals surface area contributed by atoms with Gasteiger partial charge in [0.15, 0.2) is 0 Å². The molecule has 1 aromatic heterocycles. The maximum Gasteiger partial charge on any atom is 0.0482 e. The van der Waals surface area contributed by atoms with Crippen LogP contribution < -0.4 is 0 Å². The van der Waals surface area contributed by atoms with Crippen molar-refractivity contribution in [2.45, 2.75) is 32.6 Å². The molecule has 2 aromatic rings. The molecule has 0 saturated heterocycles. The minimum atomic E-state index is 0.602. The van der Waals surface area contributed by atoms with E-state index in [1.807, 2.05) is 12.3 Å². The highest BCUT2D eigenvalue weighted by atomic mass is 14.7. The number of benzene rings is 1. The van der Waals surface area contributed by atoms with Crippen LogP contribution >= 0.6 is 0 Å². The quantitative estimate of drug-likeness (QED) is 0.613. The zero-order valence-corrected chi connectivity index (χ0v) is 10.4. The van der Waals surface area contributed by atoms with Gasteiger partial charge in [0.25, 0.3) is 0 Å².